The van der Waals surface area contributed by atoms with Crippen LogP contribution in [0, 0.1) is 5.92 Å². The Balaban J connectivity index is 2.09. The first-order chi connectivity index (χ1) is 7.90. The summed E-state index contributed by atoms with van der Waals surface area (Å²) in [5, 5.41) is 3.28. The van der Waals surface area contributed by atoms with Crippen molar-refractivity contribution in [2.45, 2.75) is 32.1 Å². The Kier molecular flexibility index (Phi) is 4.23. The van der Waals surface area contributed by atoms with Crippen LogP contribution < -0.4 is 5.32 Å². The zero-order valence-corrected chi connectivity index (χ0v) is 10.0. The second kappa shape index (κ2) is 5.90. The molecule has 88 valence electrons. The van der Waals surface area contributed by atoms with Crippen LogP contribution in [-0.4, -0.2) is 13.6 Å². The van der Waals surface area contributed by atoms with Crippen LogP contribution >= 0.6 is 0 Å². The molecule has 1 saturated carbocycles. The molecule has 0 unspecified atom stereocenters. The van der Waals surface area contributed by atoms with E-state index in [2.05, 4.69) is 11.4 Å². The molecule has 2 rings (SSSR count). The largest absolute Gasteiger partial charge is 0.472 e. The van der Waals surface area contributed by atoms with E-state index in [4.69, 9.17) is 4.42 Å². The van der Waals surface area contributed by atoms with Gasteiger partial charge in [-0.05, 0) is 31.9 Å². The average molecular weight is 219 g/mol. The van der Waals surface area contributed by atoms with Gasteiger partial charge in [-0.25, -0.2) is 0 Å². The van der Waals surface area contributed by atoms with E-state index >= 15 is 0 Å². The van der Waals surface area contributed by atoms with Crippen LogP contribution in [0.25, 0.3) is 6.08 Å². The summed E-state index contributed by atoms with van der Waals surface area (Å²) in [6.07, 6.45) is 12.7. The molecule has 1 aromatic rings. The number of rotatable bonds is 4. The summed E-state index contributed by atoms with van der Waals surface area (Å²) in [6.45, 7) is 0.996. The van der Waals surface area contributed by atoms with Crippen molar-refractivity contribution in [3.05, 3.63) is 29.7 Å². The predicted octanol–water partition coefficient (Wildman–Crippen LogP) is 3.46. The molecular formula is C14H21NO. The standard InChI is InChI=1S/C14H21NO/c1-15-10-14(9-12-7-8-16-11-12)13-5-3-2-4-6-13/h7-9,11,13,15H,2-6,10H2,1H3. The van der Waals surface area contributed by atoms with Gasteiger partial charge in [0, 0.05) is 12.1 Å². The Morgan fingerprint density at radius 1 is 1.44 bits per heavy atom. The van der Waals surface area contributed by atoms with E-state index in [1.165, 1.54) is 43.2 Å². The number of furan rings is 1. The normalized spacial score (nSPS) is 18.9. The maximum atomic E-state index is 5.12. The molecule has 1 aromatic heterocycles. The zero-order valence-electron chi connectivity index (χ0n) is 10.0. The Morgan fingerprint density at radius 3 is 2.88 bits per heavy atom. The summed E-state index contributed by atoms with van der Waals surface area (Å²) in [6, 6.07) is 2.03. The molecule has 0 aliphatic heterocycles. The minimum atomic E-state index is 0.774. The first-order valence-corrected chi connectivity index (χ1v) is 6.27. The summed E-state index contributed by atoms with van der Waals surface area (Å²) in [4.78, 5) is 0. The van der Waals surface area contributed by atoms with Gasteiger partial charge in [-0.2, -0.15) is 0 Å². The molecule has 2 heteroatoms. The predicted molar refractivity (Wildman–Crippen MR) is 67.2 cm³/mol. The van der Waals surface area contributed by atoms with Crippen LogP contribution in [0.5, 0.6) is 0 Å². The average Bonchev–Trinajstić information content (AvgIpc) is 2.83. The van der Waals surface area contributed by atoms with E-state index < -0.39 is 0 Å². The minimum absolute atomic E-state index is 0.774. The molecule has 16 heavy (non-hydrogen) atoms. The highest BCUT2D eigenvalue weighted by Gasteiger charge is 2.17. The van der Waals surface area contributed by atoms with Crippen LogP contribution in [0.2, 0.25) is 0 Å². The van der Waals surface area contributed by atoms with Crippen molar-refractivity contribution >= 4 is 6.08 Å². The molecule has 0 bridgehead atoms. The number of likely N-dealkylation sites (N-methyl/N-ethyl adjacent to an activating group) is 1. The van der Waals surface area contributed by atoms with Gasteiger partial charge in [0.25, 0.3) is 0 Å². The summed E-state index contributed by atoms with van der Waals surface area (Å²) < 4.78 is 5.12. The minimum Gasteiger partial charge on any atom is -0.472 e. The molecule has 1 heterocycles. The molecular weight excluding hydrogens is 198 g/mol. The maximum Gasteiger partial charge on any atom is 0.0974 e. The van der Waals surface area contributed by atoms with Gasteiger partial charge in [-0.15, -0.1) is 0 Å². The molecule has 0 spiro atoms. The fraction of sp³-hybridized carbons (Fsp3) is 0.571. The summed E-state index contributed by atoms with van der Waals surface area (Å²) in [5.41, 5.74) is 2.72. The van der Waals surface area contributed by atoms with Gasteiger partial charge in [-0.3, -0.25) is 0 Å². The molecule has 2 nitrogen and oxygen atoms in total. The van der Waals surface area contributed by atoms with E-state index in [0.717, 1.165) is 12.5 Å². The molecule has 1 fully saturated rings. The maximum absolute atomic E-state index is 5.12. The molecule has 0 atom stereocenters. The van der Waals surface area contributed by atoms with Crippen molar-refractivity contribution in [2.75, 3.05) is 13.6 Å². The van der Waals surface area contributed by atoms with Gasteiger partial charge in [0.05, 0.1) is 12.5 Å². The second-order valence-corrected chi connectivity index (χ2v) is 4.64. The third-order valence-electron chi connectivity index (χ3n) is 3.41. The molecule has 1 aliphatic carbocycles. The number of hydrogen-bond donors (Lipinski definition) is 1. The summed E-state index contributed by atoms with van der Waals surface area (Å²) in [5.74, 6) is 0.774. The third-order valence-corrected chi connectivity index (χ3v) is 3.41. The van der Waals surface area contributed by atoms with Crippen molar-refractivity contribution in [1.82, 2.24) is 5.32 Å². The van der Waals surface area contributed by atoms with Crippen LogP contribution in [-0.2, 0) is 0 Å². The van der Waals surface area contributed by atoms with Gasteiger partial charge in [-0.1, -0.05) is 30.9 Å². The third kappa shape index (κ3) is 2.99. The van der Waals surface area contributed by atoms with Crippen molar-refractivity contribution in [1.29, 1.82) is 0 Å². The van der Waals surface area contributed by atoms with Crippen molar-refractivity contribution in [3.63, 3.8) is 0 Å². The summed E-state index contributed by atoms with van der Waals surface area (Å²) >= 11 is 0. The van der Waals surface area contributed by atoms with Crippen LogP contribution in [0.3, 0.4) is 0 Å². The highest BCUT2D eigenvalue weighted by atomic mass is 16.3. The lowest BCUT2D eigenvalue weighted by atomic mass is 9.83. The SMILES string of the molecule is CNCC(=Cc1ccoc1)C1CCCCC1. The first-order valence-electron chi connectivity index (χ1n) is 6.27. The topological polar surface area (TPSA) is 25.2 Å². The lowest BCUT2D eigenvalue weighted by Gasteiger charge is -2.24. The fourth-order valence-corrected chi connectivity index (χ4v) is 2.56. The van der Waals surface area contributed by atoms with Crippen molar-refractivity contribution in [3.8, 4) is 0 Å². The highest BCUT2D eigenvalue weighted by molar-refractivity contribution is 5.52. The number of nitrogens with one attached hydrogen (secondary N) is 1. The second-order valence-electron chi connectivity index (χ2n) is 4.64. The lowest BCUT2D eigenvalue weighted by Crippen LogP contribution is -2.19. The van der Waals surface area contributed by atoms with E-state index in [-0.39, 0.29) is 0 Å². The van der Waals surface area contributed by atoms with Crippen LogP contribution in [0.4, 0.5) is 0 Å². The monoisotopic (exact) mass is 219 g/mol. The molecule has 0 radical (unpaired) electrons. The van der Waals surface area contributed by atoms with Gasteiger partial charge in [0.1, 0.15) is 0 Å². The van der Waals surface area contributed by atoms with Gasteiger partial charge in [0.15, 0.2) is 0 Å². The fourth-order valence-electron chi connectivity index (χ4n) is 2.56. The Hall–Kier alpha value is -1.02. The van der Waals surface area contributed by atoms with Crippen LogP contribution in [0.1, 0.15) is 37.7 Å². The lowest BCUT2D eigenvalue weighted by molar-refractivity contribution is 0.398. The van der Waals surface area contributed by atoms with E-state index in [1.54, 1.807) is 6.26 Å². The molecule has 0 amide bonds. The molecule has 0 aromatic carbocycles. The molecule has 1 N–H and O–H groups in total. The van der Waals surface area contributed by atoms with E-state index in [9.17, 15) is 0 Å². The molecule has 1 aliphatic rings. The Morgan fingerprint density at radius 2 is 2.25 bits per heavy atom. The van der Waals surface area contributed by atoms with Crippen molar-refractivity contribution < 1.29 is 4.42 Å². The smallest absolute Gasteiger partial charge is 0.0974 e. The van der Waals surface area contributed by atoms with Gasteiger partial charge < -0.3 is 9.73 Å². The number of hydrogen-bond acceptors (Lipinski definition) is 2. The van der Waals surface area contributed by atoms with Crippen molar-refractivity contribution in [2.24, 2.45) is 5.92 Å². The van der Waals surface area contributed by atoms with E-state index in [0.29, 0.717) is 0 Å². The summed E-state index contributed by atoms with van der Waals surface area (Å²) in [7, 11) is 2.02. The quantitative estimate of drug-likeness (QED) is 0.839. The van der Waals surface area contributed by atoms with Gasteiger partial charge >= 0.3 is 0 Å². The Labute approximate surface area is 97.7 Å². The molecule has 0 saturated heterocycles. The van der Waals surface area contributed by atoms with Crippen LogP contribution in [0.15, 0.2) is 28.6 Å². The highest BCUT2D eigenvalue weighted by Crippen LogP contribution is 2.30. The Bertz CT molecular complexity index is 321. The van der Waals surface area contributed by atoms with Gasteiger partial charge in [0.2, 0.25) is 0 Å². The van der Waals surface area contributed by atoms with E-state index in [1.807, 2.05) is 19.4 Å². The zero-order chi connectivity index (χ0) is 11.2. The first kappa shape index (κ1) is 11.5.